The Kier molecular flexibility index (Phi) is 10.3. The fourth-order valence-electron chi connectivity index (χ4n) is 4.30. The highest BCUT2D eigenvalue weighted by atomic mass is 32.2. The van der Waals surface area contributed by atoms with Gasteiger partial charge in [0.05, 0.1) is 11.9 Å². The molecule has 0 heterocycles. The Morgan fingerprint density at radius 2 is 1.46 bits per heavy atom. The maximum absolute atomic E-state index is 14.1. The molecule has 208 valence electrons. The second-order valence-electron chi connectivity index (χ2n) is 10.4. The molecule has 1 N–H and O–H groups in total. The predicted octanol–water partition coefficient (Wildman–Crippen LogP) is 4.48. The number of benzene rings is 3. The van der Waals surface area contributed by atoms with Gasteiger partial charge in [-0.3, -0.25) is 13.9 Å². The summed E-state index contributed by atoms with van der Waals surface area (Å²) >= 11 is 0. The summed E-state index contributed by atoms with van der Waals surface area (Å²) < 4.78 is 26.9. The van der Waals surface area contributed by atoms with Gasteiger partial charge < -0.3 is 10.2 Å². The van der Waals surface area contributed by atoms with E-state index in [0.717, 1.165) is 32.8 Å². The fraction of sp³-hybridized carbons (Fsp3) is 0.355. The molecule has 3 rings (SSSR count). The topological polar surface area (TPSA) is 86.8 Å². The quantitative estimate of drug-likeness (QED) is 0.361. The summed E-state index contributed by atoms with van der Waals surface area (Å²) in [6, 6.07) is 23.5. The molecule has 7 nitrogen and oxygen atoms in total. The van der Waals surface area contributed by atoms with Crippen molar-refractivity contribution in [2.24, 2.45) is 5.92 Å². The number of carbonyl (C=O) groups is 2. The standard InChI is InChI=1S/C31H39N3O4S/c1-23(2)20-32-31(36)29(19-26-12-7-6-8-13-26)33(21-27-17-15-24(3)16-18-27)30(35)22-34(39(5,37)38)28-14-10-9-11-25(28)4/h6-18,23,29H,19-22H2,1-5H3,(H,32,36)/t29-/m0/s1. The molecule has 0 aliphatic rings. The number of carbonyl (C=O) groups excluding carboxylic acids is 2. The number of amides is 2. The molecule has 0 spiro atoms. The van der Waals surface area contributed by atoms with Crippen molar-refractivity contribution in [2.45, 2.75) is 46.7 Å². The molecule has 8 heteroatoms. The second-order valence-corrected chi connectivity index (χ2v) is 12.3. The summed E-state index contributed by atoms with van der Waals surface area (Å²) in [7, 11) is -3.79. The third-order valence-corrected chi connectivity index (χ3v) is 7.62. The zero-order valence-corrected chi connectivity index (χ0v) is 24.2. The maximum Gasteiger partial charge on any atom is 0.244 e. The monoisotopic (exact) mass is 549 g/mol. The number of aryl methyl sites for hydroxylation is 2. The molecule has 3 aromatic rings. The van der Waals surface area contributed by atoms with Crippen molar-refractivity contribution in [1.29, 1.82) is 0 Å². The van der Waals surface area contributed by atoms with Crippen LogP contribution in [0.1, 0.15) is 36.1 Å². The van der Waals surface area contributed by atoms with E-state index in [-0.39, 0.29) is 18.4 Å². The normalized spacial score (nSPS) is 12.2. The number of para-hydroxylation sites is 1. The highest BCUT2D eigenvalue weighted by Crippen LogP contribution is 2.23. The van der Waals surface area contributed by atoms with Crippen LogP contribution in [-0.2, 0) is 32.6 Å². The SMILES string of the molecule is Cc1ccc(CN(C(=O)CN(c2ccccc2C)S(C)(=O)=O)[C@@H](Cc2ccccc2)C(=O)NCC(C)C)cc1. The molecular formula is C31H39N3O4S. The first-order valence-electron chi connectivity index (χ1n) is 13.2. The van der Waals surface area contributed by atoms with E-state index in [2.05, 4.69) is 5.32 Å². The molecule has 0 bridgehead atoms. The Morgan fingerprint density at radius 1 is 0.846 bits per heavy atom. The van der Waals surface area contributed by atoms with E-state index in [1.54, 1.807) is 25.1 Å². The van der Waals surface area contributed by atoms with Crippen LogP contribution in [0.15, 0.2) is 78.9 Å². The van der Waals surface area contributed by atoms with Gasteiger partial charge in [0.1, 0.15) is 12.6 Å². The van der Waals surface area contributed by atoms with E-state index < -0.39 is 28.5 Å². The lowest BCUT2D eigenvalue weighted by molar-refractivity contribution is -0.140. The van der Waals surface area contributed by atoms with Gasteiger partial charge in [-0.25, -0.2) is 8.42 Å². The maximum atomic E-state index is 14.1. The Balaban J connectivity index is 2.05. The third kappa shape index (κ3) is 8.68. The van der Waals surface area contributed by atoms with E-state index in [0.29, 0.717) is 18.7 Å². The molecule has 0 saturated heterocycles. The van der Waals surface area contributed by atoms with Gasteiger partial charge >= 0.3 is 0 Å². The molecule has 0 aromatic heterocycles. The van der Waals surface area contributed by atoms with Crippen molar-refractivity contribution in [3.8, 4) is 0 Å². The Morgan fingerprint density at radius 3 is 2.05 bits per heavy atom. The van der Waals surface area contributed by atoms with Crippen LogP contribution in [0.2, 0.25) is 0 Å². The zero-order chi connectivity index (χ0) is 28.6. The van der Waals surface area contributed by atoms with Gasteiger partial charge in [0.15, 0.2) is 0 Å². The largest absolute Gasteiger partial charge is 0.354 e. The third-order valence-electron chi connectivity index (χ3n) is 6.49. The van der Waals surface area contributed by atoms with Crippen molar-refractivity contribution < 1.29 is 18.0 Å². The minimum atomic E-state index is -3.79. The minimum Gasteiger partial charge on any atom is -0.354 e. The summed E-state index contributed by atoms with van der Waals surface area (Å²) in [5.74, 6) is -0.492. The van der Waals surface area contributed by atoms with Crippen molar-refractivity contribution in [2.75, 3.05) is 23.7 Å². The molecule has 3 aromatic carbocycles. The number of nitrogens with one attached hydrogen (secondary N) is 1. The van der Waals surface area contributed by atoms with E-state index in [1.165, 1.54) is 4.90 Å². The highest BCUT2D eigenvalue weighted by Gasteiger charge is 2.33. The molecule has 0 aliphatic heterocycles. The van der Waals surface area contributed by atoms with Gasteiger partial charge in [-0.15, -0.1) is 0 Å². The number of anilines is 1. The van der Waals surface area contributed by atoms with E-state index in [4.69, 9.17) is 0 Å². The van der Waals surface area contributed by atoms with Gasteiger partial charge in [-0.05, 0) is 42.5 Å². The van der Waals surface area contributed by atoms with Gasteiger partial charge in [-0.2, -0.15) is 0 Å². The van der Waals surface area contributed by atoms with Crippen LogP contribution in [0.3, 0.4) is 0 Å². The van der Waals surface area contributed by atoms with Gasteiger partial charge in [0.2, 0.25) is 21.8 Å². The van der Waals surface area contributed by atoms with Crippen LogP contribution in [-0.4, -0.2) is 50.5 Å². The molecular weight excluding hydrogens is 510 g/mol. The lowest BCUT2D eigenvalue weighted by Gasteiger charge is -2.34. The first-order valence-corrected chi connectivity index (χ1v) is 15.0. The molecule has 0 saturated carbocycles. The van der Waals surface area contributed by atoms with Gasteiger partial charge in [0.25, 0.3) is 0 Å². The minimum absolute atomic E-state index is 0.164. The highest BCUT2D eigenvalue weighted by molar-refractivity contribution is 7.92. The predicted molar refractivity (Wildman–Crippen MR) is 157 cm³/mol. The number of rotatable bonds is 12. The van der Waals surface area contributed by atoms with Crippen molar-refractivity contribution in [3.63, 3.8) is 0 Å². The molecule has 0 fully saturated rings. The Hall–Kier alpha value is -3.65. The van der Waals surface area contributed by atoms with Crippen LogP contribution in [0.4, 0.5) is 5.69 Å². The molecule has 0 radical (unpaired) electrons. The lowest BCUT2D eigenvalue weighted by atomic mass is 10.0. The average molecular weight is 550 g/mol. The molecule has 39 heavy (non-hydrogen) atoms. The zero-order valence-electron chi connectivity index (χ0n) is 23.4. The molecule has 0 unspecified atom stereocenters. The van der Waals surface area contributed by atoms with Crippen LogP contribution in [0.25, 0.3) is 0 Å². The van der Waals surface area contributed by atoms with Crippen LogP contribution >= 0.6 is 0 Å². The first-order chi connectivity index (χ1) is 18.5. The Bertz CT molecular complexity index is 1360. The summed E-state index contributed by atoms with van der Waals surface area (Å²) in [6.45, 7) is 8.02. The number of nitrogens with zero attached hydrogens (tertiary/aromatic N) is 2. The van der Waals surface area contributed by atoms with E-state index in [9.17, 15) is 18.0 Å². The first kappa shape index (κ1) is 29.9. The molecule has 0 aliphatic carbocycles. The van der Waals surface area contributed by atoms with Crippen LogP contribution in [0.5, 0.6) is 0 Å². The van der Waals surface area contributed by atoms with Crippen LogP contribution < -0.4 is 9.62 Å². The summed E-state index contributed by atoms with van der Waals surface area (Å²) in [4.78, 5) is 29.2. The van der Waals surface area contributed by atoms with Gasteiger partial charge in [0, 0.05) is 19.5 Å². The second kappa shape index (κ2) is 13.4. The number of hydrogen-bond acceptors (Lipinski definition) is 4. The summed E-state index contributed by atoms with van der Waals surface area (Å²) in [6.07, 6.45) is 1.39. The smallest absolute Gasteiger partial charge is 0.244 e. The Labute approximate surface area is 232 Å². The number of sulfonamides is 1. The summed E-state index contributed by atoms with van der Waals surface area (Å²) in [5, 5.41) is 2.99. The van der Waals surface area contributed by atoms with E-state index >= 15 is 0 Å². The van der Waals surface area contributed by atoms with E-state index in [1.807, 2.05) is 81.4 Å². The lowest BCUT2D eigenvalue weighted by Crippen LogP contribution is -2.53. The van der Waals surface area contributed by atoms with Gasteiger partial charge in [-0.1, -0.05) is 92.2 Å². The van der Waals surface area contributed by atoms with Crippen molar-refractivity contribution >= 4 is 27.5 Å². The summed E-state index contributed by atoms with van der Waals surface area (Å²) in [5.41, 5.74) is 4.01. The van der Waals surface area contributed by atoms with Crippen molar-refractivity contribution in [3.05, 3.63) is 101 Å². The number of hydrogen-bond donors (Lipinski definition) is 1. The van der Waals surface area contributed by atoms with Crippen molar-refractivity contribution in [1.82, 2.24) is 10.2 Å². The molecule has 1 atom stereocenters. The van der Waals surface area contributed by atoms with Crippen LogP contribution in [0, 0.1) is 19.8 Å². The average Bonchev–Trinajstić information content (AvgIpc) is 2.89. The molecule has 2 amide bonds. The fourth-order valence-corrected chi connectivity index (χ4v) is 5.21.